The molecule has 1 heterocycles. The molecule has 1 aromatic rings. The second kappa shape index (κ2) is 15.6. The van der Waals surface area contributed by atoms with Gasteiger partial charge in [0.2, 0.25) is 0 Å². The molecule has 6 nitrogen and oxygen atoms in total. The number of benzene rings is 1. The van der Waals surface area contributed by atoms with Crippen molar-refractivity contribution in [3.05, 3.63) is 47.2 Å². The van der Waals surface area contributed by atoms with Crippen LogP contribution in [-0.4, -0.2) is 62.2 Å². The van der Waals surface area contributed by atoms with Gasteiger partial charge in [-0.1, -0.05) is 63.8 Å². The molecular formula is C29H46N2O4. The monoisotopic (exact) mass is 486 g/mol. The van der Waals surface area contributed by atoms with E-state index in [1.54, 1.807) is 14.1 Å². The summed E-state index contributed by atoms with van der Waals surface area (Å²) in [5.41, 5.74) is 2.34. The Morgan fingerprint density at radius 3 is 2.29 bits per heavy atom. The van der Waals surface area contributed by atoms with Crippen LogP contribution < -0.4 is 0 Å². The van der Waals surface area contributed by atoms with Gasteiger partial charge in [-0.25, -0.2) is 4.79 Å². The Bertz CT molecular complexity index is 801. The fourth-order valence-electron chi connectivity index (χ4n) is 4.23. The number of amides is 1. The highest BCUT2D eigenvalue weighted by Gasteiger charge is 2.18. The maximum absolute atomic E-state index is 12.4. The molecule has 196 valence electrons. The van der Waals surface area contributed by atoms with Crippen LogP contribution in [0.3, 0.4) is 0 Å². The van der Waals surface area contributed by atoms with E-state index >= 15 is 0 Å². The van der Waals surface area contributed by atoms with Crippen molar-refractivity contribution in [1.29, 1.82) is 0 Å². The van der Waals surface area contributed by atoms with Crippen molar-refractivity contribution in [2.24, 2.45) is 5.92 Å². The number of esters is 1. The first-order chi connectivity index (χ1) is 16.8. The van der Waals surface area contributed by atoms with E-state index in [1.807, 2.05) is 13.0 Å². The van der Waals surface area contributed by atoms with Crippen LogP contribution in [0.1, 0.15) is 82.8 Å². The molecule has 0 saturated carbocycles. The van der Waals surface area contributed by atoms with Gasteiger partial charge in [0.1, 0.15) is 5.76 Å². The molecule has 0 spiro atoms. The Hall–Kier alpha value is -2.34. The minimum Gasteiger partial charge on any atom is -0.465 e. The van der Waals surface area contributed by atoms with E-state index in [9.17, 15) is 9.59 Å². The molecule has 1 aromatic carbocycles. The van der Waals surface area contributed by atoms with Crippen LogP contribution in [-0.2, 0) is 20.7 Å². The minimum absolute atomic E-state index is 0.132. The van der Waals surface area contributed by atoms with E-state index in [-0.39, 0.29) is 18.0 Å². The van der Waals surface area contributed by atoms with Gasteiger partial charge in [0.05, 0.1) is 19.1 Å². The van der Waals surface area contributed by atoms with E-state index < -0.39 is 0 Å². The van der Waals surface area contributed by atoms with E-state index in [0.29, 0.717) is 19.1 Å². The molecule has 0 bridgehead atoms. The summed E-state index contributed by atoms with van der Waals surface area (Å²) in [6.45, 7) is 9.62. The average molecular weight is 487 g/mol. The zero-order valence-corrected chi connectivity index (χ0v) is 22.6. The Balaban J connectivity index is 1.50. The quantitative estimate of drug-likeness (QED) is 0.233. The molecule has 6 heteroatoms. The third-order valence-corrected chi connectivity index (χ3v) is 6.37. The molecule has 0 radical (unpaired) electrons. The number of unbranched alkanes of at least 4 members (excludes halogenated alkanes) is 5. The molecular weight excluding hydrogens is 440 g/mol. The van der Waals surface area contributed by atoms with Gasteiger partial charge in [0, 0.05) is 20.6 Å². The first-order valence-electron chi connectivity index (χ1n) is 13.3. The molecule has 0 fully saturated rings. The highest BCUT2D eigenvalue weighted by atomic mass is 16.6. The van der Waals surface area contributed by atoms with Crippen molar-refractivity contribution in [3.63, 3.8) is 0 Å². The molecule has 0 aliphatic carbocycles. The van der Waals surface area contributed by atoms with Crippen LogP contribution in [0, 0.1) is 5.92 Å². The SMILES string of the molecule is CC(C)Cc1ccc(C(C)C(=O)OCCCCCCCCN2CCC=C(OC(=O)N(C)C)C2)cc1. The Labute approximate surface area is 212 Å². The highest BCUT2D eigenvalue weighted by molar-refractivity contribution is 5.77. The van der Waals surface area contributed by atoms with E-state index in [2.05, 4.69) is 43.0 Å². The largest absolute Gasteiger partial charge is 0.465 e. The average Bonchev–Trinajstić information content (AvgIpc) is 2.82. The summed E-state index contributed by atoms with van der Waals surface area (Å²) >= 11 is 0. The molecule has 1 atom stereocenters. The fraction of sp³-hybridized carbons (Fsp3) is 0.655. The lowest BCUT2D eigenvalue weighted by Gasteiger charge is -2.27. The van der Waals surface area contributed by atoms with Crippen molar-refractivity contribution in [2.75, 3.05) is 40.3 Å². The summed E-state index contributed by atoms with van der Waals surface area (Å²) < 4.78 is 10.9. The summed E-state index contributed by atoms with van der Waals surface area (Å²) in [5, 5.41) is 0. The number of ether oxygens (including phenoxy) is 2. The lowest BCUT2D eigenvalue weighted by molar-refractivity contribution is -0.145. The maximum atomic E-state index is 12.4. The predicted molar refractivity (Wildman–Crippen MR) is 141 cm³/mol. The molecule has 1 amide bonds. The Morgan fingerprint density at radius 2 is 1.63 bits per heavy atom. The summed E-state index contributed by atoms with van der Waals surface area (Å²) in [6, 6.07) is 8.36. The van der Waals surface area contributed by atoms with Gasteiger partial charge < -0.3 is 14.4 Å². The summed E-state index contributed by atoms with van der Waals surface area (Å²) in [7, 11) is 3.39. The third kappa shape index (κ3) is 11.3. The van der Waals surface area contributed by atoms with E-state index in [4.69, 9.17) is 9.47 Å². The van der Waals surface area contributed by atoms with Crippen LogP contribution >= 0.6 is 0 Å². The van der Waals surface area contributed by atoms with Crippen LogP contribution in [0.2, 0.25) is 0 Å². The van der Waals surface area contributed by atoms with Gasteiger partial charge >= 0.3 is 12.1 Å². The maximum Gasteiger partial charge on any atom is 0.414 e. The predicted octanol–water partition coefficient (Wildman–Crippen LogP) is 6.16. The minimum atomic E-state index is -0.311. The van der Waals surface area contributed by atoms with Gasteiger partial charge in [-0.3, -0.25) is 9.69 Å². The zero-order valence-electron chi connectivity index (χ0n) is 22.6. The van der Waals surface area contributed by atoms with Crippen molar-refractivity contribution < 1.29 is 19.1 Å². The number of hydrogen-bond donors (Lipinski definition) is 0. The van der Waals surface area contributed by atoms with Crippen LogP contribution in [0.4, 0.5) is 4.79 Å². The van der Waals surface area contributed by atoms with Crippen LogP contribution in [0.5, 0.6) is 0 Å². The highest BCUT2D eigenvalue weighted by Crippen LogP contribution is 2.19. The van der Waals surface area contributed by atoms with Crippen LogP contribution in [0.25, 0.3) is 0 Å². The second-order valence-corrected chi connectivity index (χ2v) is 10.3. The normalized spacial score (nSPS) is 15.0. The standard InChI is InChI=1S/C29H46N2O4/c1-23(2)21-25-14-16-26(17-15-25)24(3)28(32)34-20-11-9-7-6-8-10-18-31-19-12-13-27(22-31)35-29(33)30(4)5/h13-17,23-24H,6-12,18-22H2,1-5H3. The van der Waals surface area contributed by atoms with Gasteiger partial charge in [-0.15, -0.1) is 0 Å². The number of hydrogen-bond acceptors (Lipinski definition) is 5. The lowest BCUT2D eigenvalue weighted by atomic mass is 9.97. The fourth-order valence-corrected chi connectivity index (χ4v) is 4.23. The van der Waals surface area contributed by atoms with Gasteiger partial charge in [-0.05, 0) is 62.3 Å². The molecule has 2 rings (SSSR count). The number of nitrogens with zero attached hydrogens (tertiary/aromatic N) is 2. The molecule has 1 aliphatic rings. The summed E-state index contributed by atoms with van der Waals surface area (Å²) in [6.07, 6.45) is 10.4. The van der Waals surface area contributed by atoms with E-state index in [1.165, 1.54) is 23.3 Å². The van der Waals surface area contributed by atoms with Gasteiger partial charge in [0.15, 0.2) is 0 Å². The molecule has 1 aliphatic heterocycles. The smallest absolute Gasteiger partial charge is 0.414 e. The molecule has 0 saturated heterocycles. The van der Waals surface area contributed by atoms with Crippen LogP contribution in [0.15, 0.2) is 36.1 Å². The van der Waals surface area contributed by atoms with Crippen molar-refractivity contribution in [2.45, 2.75) is 78.1 Å². The third-order valence-electron chi connectivity index (χ3n) is 6.37. The number of carbonyl (C=O) groups is 2. The zero-order chi connectivity index (χ0) is 25.6. The van der Waals surface area contributed by atoms with Gasteiger partial charge in [0.25, 0.3) is 0 Å². The number of carbonyl (C=O) groups excluding carboxylic acids is 2. The molecule has 0 N–H and O–H groups in total. The molecule has 1 unspecified atom stereocenters. The van der Waals surface area contributed by atoms with Crippen molar-refractivity contribution in [1.82, 2.24) is 9.80 Å². The topological polar surface area (TPSA) is 59.1 Å². The summed E-state index contributed by atoms with van der Waals surface area (Å²) in [4.78, 5) is 27.9. The van der Waals surface area contributed by atoms with Gasteiger partial charge in [-0.2, -0.15) is 0 Å². The first kappa shape index (κ1) is 28.9. The lowest BCUT2D eigenvalue weighted by Crippen LogP contribution is -2.33. The first-order valence-corrected chi connectivity index (χ1v) is 13.3. The number of rotatable bonds is 14. The Morgan fingerprint density at radius 1 is 0.971 bits per heavy atom. The second-order valence-electron chi connectivity index (χ2n) is 10.3. The molecule has 0 aromatic heterocycles. The molecule has 35 heavy (non-hydrogen) atoms. The van der Waals surface area contributed by atoms with Crippen molar-refractivity contribution in [3.8, 4) is 0 Å². The summed E-state index contributed by atoms with van der Waals surface area (Å²) in [5.74, 6) is 1.04. The Kier molecular flexibility index (Phi) is 12.9. The van der Waals surface area contributed by atoms with E-state index in [0.717, 1.165) is 62.9 Å². The van der Waals surface area contributed by atoms with Crippen molar-refractivity contribution >= 4 is 12.1 Å².